The first kappa shape index (κ1) is 17.7. The van der Waals surface area contributed by atoms with Gasteiger partial charge in [0.15, 0.2) is 0 Å². The van der Waals surface area contributed by atoms with Gasteiger partial charge in [-0.15, -0.1) is 5.11 Å². The van der Waals surface area contributed by atoms with Crippen LogP contribution in [-0.4, -0.2) is 35.7 Å². The Morgan fingerprint density at radius 3 is 2.42 bits per heavy atom. The second kappa shape index (κ2) is 8.29. The molecule has 0 saturated heterocycles. The van der Waals surface area contributed by atoms with Crippen LogP contribution in [0.1, 0.15) is 36.8 Å². The van der Waals surface area contributed by atoms with Gasteiger partial charge in [0.2, 0.25) is 0 Å². The number of hydrogen-bond acceptors (Lipinski definition) is 4. The zero-order valence-electron chi connectivity index (χ0n) is 14.7. The van der Waals surface area contributed by atoms with Crippen molar-refractivity contribution >= 4 is 11.7 Å². The molecule has 0 aliphatic heterocycles. The van der Waals surface area contributed by atoms with E-state index in [4.69, 9.17) is 4.74 Å². The number of aromatic amines is 1. The number of ether oxygens (including phenoxy) is 1. The standard InChI is InChI=1S/C18H24N4O2/c1-5-22(6-2)21-20-17-15(18(23)24-7-3)13(4)19-16(17)14-11-9-8-10-12-14/h8-12,19H,5-7H2,1-4H3. The predicted octanol–water partition coefficient (Wildman–Crippen LogP) is 4.51. The lowest BCUT2D eigenvalue weighted by Crippen LogP contribution is -2.14. The monoisotopic (exact) mass is 328 g/mol. The minimum absolute atomic E-state index is 0.316. The molecule has 1 aromatic carbocycles. The van der Waals surface area contributed by atoms with Crippen LogP contribution in [0, 0.1) is 6.92 Å². The highest BCUT2D eigenvalue weighted by molar-refractivity contribution is 6.00. The molecule has 6 heteroatoms. The lowest BCUT2D eigenvalue weighted by molar-refractivity contribution is 0.0526. The molecule has 1 heterocycles. The highest BCUT2D eigenvalue weighted by Crippen LogP contribution is 2.36. The summed E-state index contributed by atoms with van der Waals surface area (Å²) in [4.78, 5) is 15.6. The van der Waals surface area contributed by atoms with Crippen LogP contribution in [0.4, 0.5) is 5.69 Å². The minimum Gasteiger partial charge on any atom is -0.462 e. The van der Waals surface area contributed by atoms with Gasteiger partial charge in [-0.2, -0.15) is 0 Å². The molecule has 1 aromatic heterocycles. The van der Waals surface area contributed by atoms with Gasteiger partial charge in [0.1, 0.15) is 11.3 Å². The van der Waals surface area contributed by atoms with Gasteiger partial charge in [-0.3, -0.25) is 5.01 Å². The van der Waals surface area contributed by atoms with E-state index in [1.807, 2.05) is 56.1 Å². The second-order valence-corrected chi connectivity index (χ2v) is 5.26. The van der Waals surface area contributed by atoms with E-state index in [1.165, 1.54) is 0 Å². The van der Waals surface area contributed by atoms with Crippen molar-refractivity contribution in [2.45, 2.75) is 27.7 Å². The fourth-order valence-electron chi connectivity index (χ4n) is 2.44. The maximum atomic E-state index is 12.4. The van der Waals surface area contributed by atoms with Crippen molar-refractivity contribution in [3.05, 3.63) is 41.6 Å². The molecule has 0 bridgehead atoms. The Labute approximate surface area is 142 Å². The number of carbonyl (C=O) groups excluding carboxylic acids is 1. The summed E-state index contributed by atoms with van der Waals surface area (Å²) in [5.41, 5.74) is 3.40. The topological polar surface area (TPSA) is 70.0 Å². The summed E-state index contributed by atoms with van der Waals surface area (Å²) in [5.74, 6) is -0.387. The van der Waals surface area contributed by atoms with Crippen LogP contribution in [0.5, 0.6) is 0 Å². The minimum atomic E-state index is -0.387. The largest absolute Gasteiger partial charge is 0.462 e. The second-order valence-electron chi connectivity index (χ2n) is 5.26. The lowest BCUT2D eigenvalue weighted by Gasteiger charge is -2.11. The fraction of sp³-hybridized carbons (Fsp3) is 0.389. The Kier molecular flexibility index (Phi) is 6.12. The first-order chi connectivity index (χ1) is 11.6. The van der Waals surface area contributed by atoms with Gasteiger partial charge in [0.05, 0.1) is 12.3 Å². The smallest absolute Gasteiger partial charge is 0.342 e. The summed E-state index contributed by atoms with van der Waals surface area (Å²) in [6.45, 7) is 9.46. The van der Waals surface area contributed by atoms with Crippen molar-refractivity contribution in [2.75, 3.05) is 19.7 Å². The quantitative estimate of drug-likeness (QED) is 0.462. The Morgan fingerprint density at radius 2 is 1.83 bits per heavy atom. The molecule has 0 saturated carbocycles. The summed E-state index contributed by atoms with van der Waals surface area (Å²) in [7, 11) is 0. The van der Waals surface area contributed by atoms with E-state index in [2.05, 4.69) is 15.3 Å². The van der Waals surface area contributed by atoms with Crippen molar-refractivity contribution in [2.24, 2.45) is 10.3 Å². The van der Waals surface area contributed by atoms with E-state index >= 15 is 0 Å². The van der Waals surface area contributed by atoms with Crippen molar-refractivity contribution < 1.29 is 9.53 Å². The Hall–Kier alpha value is -2.63. The molecule has 0 aliphatic rings. The van der Waals surface area contributed by atoms with E-state index in [0.29, 0.717) is 17.9 Å². The third kappa shape index (κ3) is 3.82. The molecule has 24 heavy (non-hydrogen) atoms. The van der Waals surface area contributed by atoms with Crippen LogP contribution in [0.2, 0.25) is 0 Å². The molecule has 0 amide bonds. The van der Waals surface area contributed by atoms with Crippen LogP contribution in [0.3, 0.4) is 0 Å². The molecule has 0 unspecified atom stereocenters. The van der Waals surface area contributed by atoms with Gasteiger partial charge in [-0.1, -0.05) is 35.6 Å². The SMILES string of the molecule is CCOC(=O)c1c(C)[nH]c(-c2ccccc2)c1N=NN(CC)CC. The molecule has 1 N–H and O–H groups in total. The molecule has 0 spiro atoms. The van der Waals surface area contributed by atoms with E-state index in [1.54, 1.807) is 6.92 Å². The van der Waals surface area contributed by atoms with E-state index in [0.717, 1.165) is 30.0 Å². The highest BCUT2D eigenvalue weighted by Gasteiger charge is 2.23. The van der Waals surface area contributed by atoms with Gasteiger partial charge >= 0.3 is 5.97 Å². The molecule has 2 rings (SSSR count). The third-order valence-electron chi connectivity index (χ3n) is 3.70. The van der Waals surface area contributed by atoms with Gasteiger partial charge in [-0.05, 0) is 27.7 Å². The Bertz CT molecular complexity index is 703. The number of aryl methyl sites for hydroxylation is 1. The first-order valence-corrected chi connectivity index (χ1v) is 8.23. The summed E-state index contributed by atoms with van der Waals surface area (Å²) < 4.78 is 5.18. The van der Waals surface area contributed by atoms with Gasteiger partial charge in [0.25, 0.3) is 0 Å². The zero-order chi connectivity index (χ0) is 17.5. The maximum absolute atomic E-state index is 12.4. The van der Waals surface area contributed by atoms with Crippen molar-refractivity contribution in [3.8, 4) is 11.3 Å². The number of rotatable bonds is 7. The fourth-order valence-corrected chi connectivity index (χ4v) is 2.44. The molecule has 0 aliphatic carbocycles. The number of aromatic nitrogens is 1. The average molecular weight is 328 g/mol. The van der Waals surface area contributed by atoms with E-state index in [9.17, 15) is 4.79 Å². The molecule has 2 aromatic rings. The maximum Gasteiger partial charge on any atom is 0.342 e. The molecule has 6 nitrogen and oxygen atoms in total. The van der Waals surface area contributed by atoms with E-state index < -0.39 is 0 Å². The summed E-state index contributed by atoms with van der Waals surface area (Å²) >= 11 is 0. The highest BCUT2D eigenvalue weighted by atomic mass is 16.5. The molecule has 128 valence electrons. The number of nitrogens with zero attached hydrogens (tertiary/aromatic N) is 3. The summed E-state index contributed by atoms with van der Waals surface area (Å²) in [5, 5.41) is 10.5. The number of esters is 1. The number of nitrogens with one attached hydrogen (secondary N) is 1. The summed E-state index contributed by atoms with van der Waals surface area (Å²) in [6, 6.07) is 9.78. The summed E-state index contributed by atoms with van der Waals surface area (Å²) in [6.07, 6.45) is 0. The van der Waals surface area contributed by atoms with Gasteiger partial charge < -0.3 is 9.72 Å². The molecular formula is C18H24N4O2. The first-order valence-electron chi connectivity index (χ1n) is 8.23. The van der Waals surface area contributed by atoms with Crippen LogP contribution in [0.15, 0.2) is 40.7 Å². The van der Waals surface area contributed by atoms with Crippen LogP contribution < -0.4 is 0 Å². The molecular weight excluding hydrogens is 304 g/mol. The number of benzene rings is 1. The van der Waals surface area contributed by atoms with Crippen molar-refractivity contribution in [1.82, 2.24) is 9.99 Å². The average Bonchev–Trinajstić information content (AvgIpc) is 2.93. The van der Waals surface area contributed by atoms with Crippen molar-refractivity contribution in [1.29, 1.82) is 0 Å². The number of carbonyl (C=O) groups is 1. The normalized spacial score (nSPS) is 11.0. The van der Waals surface area contributed by atoms with Gasteiger partial charge in [0, 0.05) is 24.3 Å². The Balaban J connectivity index is 2.55. The number of H-pyrrole nitrogens is 1. The Morgan fingerprint density at radius 1 is 1.17 bits per heavy atom. The van der Waals surface area contributed by atoms with Gasteiger partial charge in [-0.25, -0.2) is 4.79 Å². The molecule has 0 atom stereocenters. The van der Waals surface area contributed by atoms with Crippen molar-refractivity contribution in [3.63, 3.8) is 0 Å². The molecule has 0 radical (unpaired) electrons. The molecule has 0 fully saturated rings. The van der Waals surface area contributed by atoms with Crippen LogP contribution in [0.25, 0.3) is 11.3 Å². The van der Waals surface area contributed by atoms with Crippen LogP contribution in [-0.2, 0) is 4.74 Å². The third-order valence-corrected chi connectivity index (χ3v) is 3.70. The lowest BCUT2D eigenvalue weighted by atomic mass is 10.1. The van der Waals surface area contributed by atoms with Crippen LogP contribution >= 0.6 is 0 Å². The zero-order valence-corrected chi connectivity index (χ0v) is 14.7. The van der Waals surface area contributed by atoms with E-state index in [-0.39, 0.29) is 5.97 Å². The predicted molar refractivity (Wildman–Crippen MR) is 94.4 cm³/mol. The number of hydrogen-bond donors (Lipinski definition) is 1.